The molecule has 1 aliphatic rings. The summed E-state index contributed by atoms with van der Waals surface area (Å²) in [7, 11) is 1.63. The van der Waals surface area contributed by atoms with Crippen molar-refractivity contribution in [3.8, 4) is 11.4 Å². The lowest BCUT2D eigenvalue weighted by atomic mass is 10.0. The molecule has 1 unspecified atom stereocenters. The third-order valence-electron chi connectivity index (χ3n) is 4.90. The third-order valence-corrected chi connectivity index (χ3v) is 4.90. The molecule has 27 heavy (non-hydrogen) atoms. The van der Waals surface area contributed by atoms with Crippen molar-refractivity contribution >= 4 is 5.91 Å². The van der Waals surface area contributed by atoms with Gasteiger partial charge < -0.3 is 9.64 Å². The summed E-state index contributed by atoms with van der Waals surface area (Å²) in [5, 5.41) is 4.31. The molecule has 1 aromatic heterocycles. The first-order valence-electron chi connectivity index (χ1n) is 8.93. The number of benzene rings is 2. The Balaban J connectivity index is 1.60. The highest BCUT2D eigenvalue weighted by molar-refractivity contribution is 5.92. The van der Waals surface area contributed by atoms with E-state index in [1.807, 2.05) is 29.2 Å². The highest BCUT2D eigenvalue weighted by Gasteiger charge is 2.32. The van der Waals surface area contributed by atoms with Crippen molar-refractivity contribution in [2.75, 3.05) is 13.7 Å². The molecule has 5 nitrogen and oxygen atoms in total. The van der Waals surface area contributed by atoms with E-state index in [4.69, 9.17) is 4.74 Å². The normalized spacial score (nSPS) is 16.5. The van der Waals surface area contributed by atoms with Crippen LogP contribution in [0.2, 0.25) is 0 Å². The summed E-state index contributed by atoms with van der Waals surface area (Å²) in [4.78, 5) is 14.9. The van der Waals surface area contributed by atoms with Crippen molar-refractivity contribution in [1.29, 1.82) is 0 Å². The monoisotopic (exact) mass is 365 g/mol. The van der Waals surface area contributed by atoms with Gasteiger partial charge in [-0.3, -0.25) is 4.79 Å². The second kappa shape index (κ2) is 7.23. The summed E-state index contributed by atoms with van der Waals surface area (Å²) >= 11 is 0. The summed E-state index contributed by atoms with van der Waals surface area (Å²) in [5.41, 5.74) is 1.68. The zero-order valence-corrected chi connectivity index (χ0v) is 15.0. The van der Waals surface area contributed by atoms with Crippen molar-refractivity contribution in [2.45, 2.75) is 18.9 Å². The zero-order chi connectivity index (χ0) is 18.8. The smallest absolute Gasteiger partial charge is 0.274 e. The quantitative estimate of drug-likeness (QED) is 0.702. The van der Waals surface area contributed by atoms with Gasteiger partial charge in [-0.05, 0) is 48.7 Å². The van der Waals surface area contributed by atoms with Crippen LogP contribution in [0, 0.1) is 5.82 Å². The van der Waals surface area contributed by atoms with E-state index in [1.165, 1.54) is 10.7 Å². The van der Waals surface area contributed by atoms with Gasteiger partial charge in [-0.15, -0.1) is 0 Å². The highest BCUT2D eigenvalue weighted by atomic mass is 19.1. The Morgan fingerprint density at radius 1 is 1.19 bits per heavy atom. The van der Waals surface area contributed by atoms with Gasteiger partial charge in [-0.25, -0.2) is 9.07 Å². The predicted octanol–water partition coefficient (Wildman–Crippen LogP) is 4.00. The Morgan fingerprint density at radius 2 is 2.04 bits per heavy atom. The van der Waals surface area contributed by atoms with Crippen LogP contribution in [0.25, 0.3) is 5.69 Å². The Hall–Kier alpha value is -3.15. The van der Waals surface area contributed by atoms with E-state index < -0.39 is 0 Å². The van der Waals surface area contributed by atoms with Gasteiger partial charge in [0, 0.05) is 12.7 Å². The lowest BCUT2D eigenvalue weighted by molar-refractivity contribution is 0.0729. The predicted molar refractivity (Wildman–Crippen MR) is 99.5 cm³/mol. The van der Waals surface area contributed by atoms with Crippen LogP contribution in [-0.2, 0) is 0 Å². The number of hydrogen-bond donors (Lipinski definition) is 0. The topological polar surface area (TPSA) is 47.4 Å². The molecule has 0 N–H and O–H groups in total. The van der Waals surface area contributed by atoms with Crippen molar-refractivity contribution in [2.24, 2.45) is 0 Å². The van der Waals surface area contributed by atoms with Gasteiger partial charge in [0.25, 0.3) is 5.91 Å². The number of hydrogen-bond acceptors (Lipinski definition) is 3. The van der Waals surface area contributed by atoms with Gasteiger partial charge in [0.05, 0.1) is 13.2 Å². The largest absolute Gasteiger partial charge is 0.497 e. The van der Waals surface area contributed by atoms with Gasteiger partial charge in [0.15, 0.2) is 5.69 Å². The van der Waals surface area contributed by atoms with E-state index in [9.17, 15) is 9.18 Å². The number of aromatic nitrogens is 2. The van der Waals surface area contributed by atoms with Crippen LogP contribution in [0.15, 0.2) is 60.8 Å². The minimum atomic E-state index is -0.380. The first-order chi connectivity index (χ1) is 13.2. The van der Waals surface area contributed by atoms with Crippen molar-refractivity contribution in [3.63, 3.8) is 0 Å². The molecule has 1 amide bonds. The molecule has 3 aromatic rings. The SMILES string of the molecule is COc1cccc(C2CCCN2C(=O)c2ccn(-c3ccccc3F)n2)c1. The molecule has 0 aliphatic carbocycles. The van der Waals surface area contributed by atoms with Crippen LogP contribution < -0.4 is 4.74 Å². The molecule has 1 aliphatic heterocycles. The Kier molecular flexibility index (Phi) is 4.62. The molecule has 138 valence electrons. The van der Waals surface area contributed by atoms with E-state index in [0.29, 0.717) is 17.9 Å². The first-order valence-corrected chi connectivity index (χ1v) is 8.93. The second-order valence-electron chi connectivity index (χ2n) is 6.53. The number of likely N-dealkylation sites (tertiary alicyclic amines) is 1. The molecule has 1 atom stereocenters. The fraction of sp³-hybridized carbons (Fsp3) is 0.238. The van der Waals surface area contributed by atoms with E-state index in [1.54, 1.807) is 37.6 Å². The van der Waals surface area contributed by atoms with E-state index >= 15 is 0 Å². The second-order valence-corrected chi connectivity index (χ2v) is 6.53. The summed E-state index contributed by atoms with van der Waals surface area (Å²) in [6.07, 6.45) is 3.44. The molecule has 2 aromatic carbocycles. The first kappa shape index (κ1) is 17.3. The maximum Gasteiger partial charge on any atom is 0.274 e. The molecule has 2 heterocycles. The Morgan fingerprint density at radius 3 is 2.85 bits per heavy atom. The summed E-state index contributed by atoms with van der Waals surface area (Å²) in [5.74, 6) is 0.251. The lowest BCUT2D eigenvalue weighted by Crippen LogP contribution is -2.31. The van der Waals surface area contributed by atoms with Crippen LogP contribution in [0.4, 0.5) is 4.39 Å². The molecule has 0 bridgehead atoms. The minimum Gasteiger partial charge on any atom is -0.497 e. The van der Waals surface area contributed by atoms with Crippen LogP contribution in [-0.4, -0.2) is 34.2 Å². The van der Waals surface area contributed by atoms with Crippen LogP contribution in [0.3, 0.4) is 0 Å². The minimum absolute atomic E-state index is 0.00814. The molecule has 0 saturated carbocycles. The number of carbonyl (C=O) groups is 1. The number of amides is 1. The standard InChI is InChI=1S/C21H20FN3O2/c1-27-16-7-4-6-15(14-16)19-10-5-12-24(19)21(26)18-11-13-25(23-18)20-9-3-2-8-17(20)22/h2-4,6-9,11,13-14,19H,5,10,12H2,1H3. The average Bonchev–Trinajstić information content (AvgIpc) is 3.38. The van der Waals surface area contributed by atoms with Crippen molar-refractivity contribution in [1.82, 2.24) is 14.7 Å². The van der Waals surface area contributed by atoms with Gasteiger partial charge in [0.2, 0.25) is 0 Å². The summed E-state index contributed by atoms with van der Waals surface area (Å²) < 4.78 is 20.7. The molecule has 0 spiro atoms. The van der Waals surface area contributed by atoms with Gasteiger partial charge in [-0.1, -0.05) is 24.3 Å². The number of nitrogens with zero attached hydrogens (tertiary/aromatic N) is 3. The maximum absolute atomic E-state index is 14.0. The molecule has 6 heteroatoms. The molecular formula is C21H20FN3O2. The van der Waals surface area contributed by atoms with Crippen LogP contribution >= 0.6 is 0 Å². The fourth-order valence-corrected chi connectivity index (χ4v) is 3.56. The van der Waals surface area contributed by atoms with Crippen molar-refractivity contribution in [3.05, 3.63) is 77.9 Å². The van der Waals surface area contributed by atoms with Crippen LogP contribution in [0.5, 0.6) is 5.75 Å². The van der Waals surface area contributed by atoms with Gasteiger partial charge in [0.1, 0.15) is 17.3 Å². The van der Waals surface area contributed by atoms with E-state index in [0.717, 1.165) is 24.2 Å². The zero-order valence-electron chi connectivity index (χ0n) is 15.0. The van der Waals surface area contributed by atoms with Gasteiger partial charge in [-0.2, -0.15) is 5.10 Å². The number of methoxy groups -OCH3 is 1. The molecular weight excluding hydrogens is 345 g/mol. The Labute approximate surface area is 157 Å². The fourth-order valence-electron chi connectivity index (χ4n) is 3.56. The average molecular weight is 365 g/mol. The molecule has 4 rings (SSSR count). The number of carbonyl (C=O) groups excluding carboxylic acids is 1. The van der Waals surface area contributed by atoms with Gasteiger partial charge >= 0.3 is 0 Å². The number of rotatable bonds is 4. The lowest BCUT2D eigenvalue weighted by Gasteiger charge is -2.24. The Bertz CT molecular complexity index is 969. The third kappa shape index (κ3) is 3.30. The number of halogens is 1. The van der Waals surface area contributed by atoms with E-state index in [-0.39, 0.29) is 17.8 Å². The van der Waals surface area contributed by atoms with Crippen LogP contribution in [0.1, 0.15) is 34.9 Å². The number of para-hydroxylation sites is 1. The van der Waals surface area contributed by atoms with Crippen molar-refractivity contribution < 1.29 is 13.9 Å². The highest BCUT2D eigenvalue weighted by Crippen LogP contribution is 2.34. The molecule has 1 fully saturated rings. The van der Waals surface area contributed by atoms with E-state index in [2.05, 4.69) is 5.10 Å². The summed E-state index contributed by atoms with van der Waals surface area (Å²) in [6.45, 7) is 0.674. The maximum atomic E-state index is 14.0. The number of ether oxygens (including phenoxy) is 1. The summed E-state index contributed by atoms with van der Waals surface area (Å²) in [6, 6.07) is 15.8. The molecule has 0 radical (unpaired) electrons. The molecule has 1 saturated heterocycles.